The van der Waals surface area contributed by atoms with E-state index in [-0.39, 0.29) is 30.8 Å². The lowest BCUT2D eigenvalue weighted by Crippen LogP contribution is -2.41. The van der Waals surface area contributed by atoms with Crippen LogP contribution in [-0.2, 0) is 22.1 Å². The fraction of sp³-hybridized carbons (Fsp3) is 0.278. The van der Waals surface area contributed by atoms with Crippen LogP contribution in [0.2, 0.25) is 5.15 Å². The Kier molecular flexibility index (Phi) is 4.91. The highest BCUT2D eigenvalue weighted by molar-refractivity contribution is 6.30. The Morgan fingerprint density at radius 1 is 1.31 bits per heavy atom. The third kappa shape index (κ3) is 3.53. The van der Waals surface area contributed by atoms with Gasteiger partial charge in [-0.2, -0.15) is 8.78 Å². The number of aryl methyl sites for hydroxylation is 1. The molecule has 0 unspecified atom stereocenters. The van der Waals surface area contributed by atoms with Gasteiger partial charge in [-0.1, -0.05) is 41.9 Å². The van der Waals surface area contributed by atoms with Crippen LogP contribution in [0.3, 0.4) is 0 Å². The molecule has 0 radical (unpaired) electrons. The summed E-state index contributed by atoms with van der Waals surface area (Å²) in [5.74, 6) is -5.58. The second kappa shape index (κ2) is 6.99. The lowest BCUT2D eigenvalue weighted by molar-refractivity contribution is -0.158. The number of halogens is 3. The Balaban J connectivity index is 1.75. The molecule has 3 rings (SSSR count). The summed E-state index contributed by atoms with van der Waals surface area (Å²) in [5, 5.41) is 0.0994. The van der Waals surface area contributed by atoms with Crippen molar-refractivity contribution < 1.29 is 18.4 Å². The van der Waals surface area contributed by atoms with Crippen LogP contribution in [0, 0.1) is 6.92 Å². The van der Waals surface area contributed by atoms with Gasteiger partial charge in [-0.3, -0.25) is 9.59 Å². The van der Waals surface area contributed by atoms with Gasteiger partial charge in [0.2, 0.25) is 5.91 Å². The second-order valence-corrected chi connectivity index (χ2v) is 6.49. The van der Waals surface area contributed by atoms with Gasteiger partial charge in [-0.15, -0.1) is 0 Å². The summed E-state index contributed by atoms with van der Waals surface area (Å²) in [6.45, 7) is 1.24. The maximum atomic E-state index is 14.6. The van der Waals surface area contributed by atoms with Gasteiger partial charge in [-0.05, 0) is 24.1 Å². The molecule has 0 bridgehead atoms. The zero-order valence-electron chi connectivity index (χ0n) is 14.0. The minimum absolute atomic E-state index is 0.0994. The van der Waals surface area contributed by atoms with E-state index in [0.717, 1.165) is 22.7 Å². The lowest BCUT2D eigenvalue weighted by atomic mass is 10.1. The van der Waals surface area contributed by atoms with Crippen LogP contribution in [-0.4, -0.2) is 39.8 Å². The van der Waals surface area contributed by atoms with Crippen molar-refractivity contribution in [3.05, 3.63) is 64.4 Å². The Bertz CT molecular complexity index is 846. The second-order valence-electron chi connectivity index (χ2n) is 6.13. The van der Waals surface area contributed by atoms with Crippen LogP contribution in [0.25, 0.3) is 0 Å². The Hall–Kier alpha value is -2.54. The molecule has 1 fully saturated rings. The van der Waals surface area contributed by atoms with Crippen LogP contribution in [0.4, 0.5) is 8.78 Å². The molecule has 1 aliphatic rings. The van der Waals surface area contributed by atoms with Gasteiger partial charge in [0.25, 0.3) is 5.91 Å². The van der Waals surface area contributed by atoms with Crippen LogP contribution in [0.1, 0.15) is 16.7 Å². The van der Waals surface area contributed by atoms with Gasteiger partial charge < -0.3 is 9.80 Å². The summed E-state index contributed by atoms with van der Waals surface area (Å²) in [5.41, 5.74) is 0.664. The molecule has 2 aromatic rings. The van der Waals surface area contributed by atoms with E-state index in [1.165, 1.54) is 11.8 Å². The smallest absolute Gasteiger partial charge is 0.319 e. The molecule has 1 aliphatic heterocycles. The Labute approximate surface area is 154 Å². The molecular formula is C18H16ClF2N3O2. The number of alkyl halides is 2. The summed E-state index contributed by atoms with van der Waals surface area (Å²) >= 11 is 5.75. The molecule has 1 saturated heterocycles. The average molecular weight is 380 g/mol. The number of nitrogens with zero attached hydrogens (tertiary/aromatic N) is 3. The van der Waals surface area contributed by atoms with E-state index in [2.05, 4.69) is 4.98 Å². The number of aromatic nitrogens is 1. The molecule has 0 atom stereocenters. The molecule has 5 nitrogen and oxygen atoms in total. The number of rotatable bonds is 4. The van der Waals surface area contributed by atoms with Crippen molar-refractivity contribution in [3.8, 4) is 0 Å². The van der Waals surface area contributed by atoms with E-state index in [9.17, 15) is 18.4 Å². The number of carbonyl (C=O) groups is 2. The average Bonchev–Trinajstić information content (AvgIpc) is 2.98. The lowest BCUT2D eigenvalue weighted by Gasteiger charge is -2.23. The van der Waals surface area contributed by atoms with Crippen molar-refractivity contribution in [2.45, 2.75) is 19.4 Å². The van der Waals surface area contributed by atoms with Crippen molar-refractivity contribution in [2.75, 3.05) is 13.2 Å². The predicted molar refractivity (Wildman–Crippen MR) is 91.5 cm³/mol. The Morgan fingerprint density at radius 2 is 2.00 bits per heavy atom. The SMILES string of the molecule is Cc1cc(C(F)(F)C(=O)N2CC(=O)N(Cc3ccccc3)C2)cnc1Cl. The van der Waals surface area contributed by atoms with E-state index >= 15 is 0 Å². The van der Waals surface area contributed by atoms with Crippen LogP contribution < -0.4 is 0 Å². The molecule has 1 aromatic heterocycles. The first kappa shape index (κ1) is 18.3. The molecule has 1 aromatic carbocycles. The van der Waals surface area contributed by atoms with Crippen molar-refractivity contribution in [3.63, 3.8) is 0 Å². The van der Waals surface area contributed by atoms with Gasteiger partial charge in [0.1, 0.15) is 11.7 Å². The molecule has 8 heteroatoms. The molecule has 2 heterocycles. The number of carbonyl (C=O) groups excluding carboxylic acids is 2. The molecular weight excluding hydrogens is 364 g/mol. The number of amides is 2. The predicted octanol–water partition coefficient (Wildman–Crippen LogP) is 2.96. The van der Waals surface area contributed by atoms with Gasteiger partial charge in [0, 0.05) is 18.3 Å². The van der Waals surface area contributed by atoms with Crippen LogP contribution >= 0.6 is 11.6 Å². The van der Waals surface area contributed by atoms with Gasteiger partial charge in [-0.25, -0.2) is 4.98 Å². The highest BCUT2D eigenvalue weighted by Crippen LogP contribution is 2.32. The largest absolute Gasteiger partial charge is 0.351 e. The van der Waals surface area contributed by atoms with E-state index in [0.29, 0.717) is 5.56 Å². The third-order valence-corrected chi connectivity index (χ3v) is 4.56. The highest BCUT2D eigenvalue weighted by Gasteiger charge is 2.47. The summed E-state index contributed by atoms with van der Waals surface area (Å²) in [7, 11) is 0. The maximum Gasteiger partial charge on any atom is 0.351 e. The molecule has 2 amide bonds. The van der Waals surface area contributed by atoms with E-state index < -0.39 is 17.4 Å². The quantitative estimate of drug-likeness (QED) is 0.767. The number of pyridine rings is 1. The van der Waals surface area contributed by atoms with E-state index in [1.807, 2.05) is 30.3 Å². The van der Waals surface area contributed by atoms with Crippen LogP contribution in [0.5, 0.6) is 0 Å². The first-order chi connectivity index (χ1) is 12.3. The summed E-state index contributed by atoms with van der Waals surface area (Å²) in [6, 6.07) is 10.3. The molecule has 26 heavy (non-hydrogen) atoms. The molecule has 0 spiro atoms. The monoisotopic (exact) mass is 379 g/mol. The number of hydrogen-bond donors (Lipinski definition) is 0. The first-order valence-electron chi connectivity index (χ1n) is 7.90. The standard InChI is InChI=1S/C18H16ClF2N3O2/c1-12-7-14(8-22-16(12)19)18(20,21)17(26)24-10-15(25)23(11-24)9-13-5-3-2-4-6-13/h2-8H,9-11H2,1H3. The minimum atomic E-state index is -3.79. The molecule has 0 aliphatic carbocycles. The van der Waals surface area contributed by atoms with Crippen LogP contribution in [0.15, 0.2) is 42.6 Å². The third-order valence-electron chi connectivity index (χ3n) is 4.17. The van der Waals surface area contributed by atoms with E-state index in [4.69, 9.17) is 11.6 Å². The number of hydrogen-bond acceptors (Lipinski definition) is 3. The topological polar surface area (TPSA) is 53.5 Å². The normalized spacial score (nSPS) is 14.8. The van der Waals surface area contributed by atoms with Gasteiger partial charge >= 0.3 is 5.92 Å². The zero-order valence-corrected chi connectivity index (χ0v) is 14.7. The highest BCUT2D eigenvalue weighted by atomic mass is 35.5. The first-order valence-corrected chi connectivity index (χ1v) is 8.28. The summed E-state index contributed by atoms with van der Waals surface area (Å²) in [6.07, 6.45) is 0.882. The molecule has 0 saturated carbocycles. The van der Waals surface area contributed by atoms with Crippen molar-refractivity contribution in [1.82, 2.24) is 14.8 Å². The fourth-order valence-electron chi connectivity index (χ4n) is 2.73. The van der Waals surface area contributed by atoms with Crippen molar-refractivity contribution in [1.29, 1.82) is 0 Å². The van der Waals surface area contributed by atoms with Crippen molar-refractivity contribution >= 4 is 23.4 Å². The molecule has 0 N–H and O–H groups in total. The fourth-order valence-corrected chi connectivity index (χ4v) is 2.83. The van der Waals surface area contributed by atoms with Gasteiger partial charge in [0.15, 0.2) is 0 Å². The maximum absolute atomic E-state index is 14.6. The zero-order chi connectivity index (χ0) is 18.9. The summed E-state index contributed by atoms with van der Waals surface area (Å²) in [4.78, 5) is 30.4. The molecule has 136 valence electrons. The number of benzene rings is 1. The van der Waals surface area contributed by atoms with Gasteiger partial charge in [0.05, 0.1) is 6.67 Å². The summed E-state index contributed by atoms with van der Waals surface area (Å²) < 4.78 is 29.2. The minimum Gasteiger partial charge on any atom is -0.319 e. The Morgan fingerprint density at radius 3 is 2.65 bits per heavy atom. The van der Waals surface area contributed by atoms with E-state index in [1.54, 1.807) is 0 Å². The van der Waals surface area contributed by atoms with Crippen molar-refractivity contribution in [2.24, 2.45) is 0 Å².